The van der Waals surface area contributed by atoms with Crippen LogP contribution in [0.1, 0.15) is 0 Å². The van der Waals surface area contributed by atoms with Gasteiger partial charge in [0, 0.05) is 24.7 Å². The first kappa shape index (κ1) is 20.9. The van der Waals surface area contributed by atoms with Crippen molar-refractivity contribution >= 4 is 5.91 Å². The molecular formula is C22H23N3O5. The topological polar surface area (TPSA) is 91.7 Å². The average Bonchev–Trinajstić information content (AvgIpc) is 2.79. The molecule has 1 amide bonds. The third-order valence-corrected chi connectivity index (χ3v) is 4.37. The summed E-state index contributed by atoms with van der Waals surface area (Å²) in [5, 5.41) is 2.72. The van der Waals surface area contributed by atoms with Crippen LogP contribution in [-0.2, 0) is 11.3 Å². The van der Waals surface area contributed by atoms with Gasteiger partial charge < -0.3 is 19.5 Å². The van der Waals surface area contributed by atoms with Gasteiger partial charge in [-0.3, -0.25) is 14.2 Å². The number of carbonyl (C=O) groups is 1. The SMILES string of the molecule is COc1ccc(-c2cc(=O)n(CCNC(=O)COc3ccccc3OC)cn2)cc1. The van der Waals surface area contributed by atoms with Gasteiger partial charge in [0.05, 0.1) is 26.2 Å². The zero-order chi connectivity index (χ0) is 21.3. The van der Waals surface area contributed by atoms with Crippen LogP contribution in [0.2, 0.25) is 0 Å². The third kappa shape index (κ3) is 5.38. The maximum absolute atomic E-state index is 12.3. The van der Waals surface area contributed by atoms with Crippen molar-refractivity contribution in [2.45, 2.75) is 6.54 Å². The van der Waals surface area contributed by atoms with Crippen molar-refractivity contribution in [3.63, 3.8) is 0 Å². The van der Waals surface area contributed by atoms with Crippen LogP contribution in [0.3, 0.4) is 0 Å². The summed E-state index contributed by atoms with van der Waals surface area (Å²) in [7, 11) is 3.13. The number of nitrogens with one attached hydrogen (secondary N) is 1. The fourth-order valence-corrected chi connectivity index (χ4v) is 2.76. The maximum Gasteiger partial charge on any atom is 0.258 e. The van der Waals surface area contributed by atoms with Crippen LogP contribution >= 0.6 is 0 Å². The van der Waals surface area contributed by atoms with E-state index in [1.54, 1.807) is 25.3 Å². The number of hydrogen-bond acceptors (Lipinski definition) is 6. The third-order valence-electron chi connectivity index (χ3n) is 4.37. The first-order chi connectivity index (χ1) is 14.6. The molecule has 1 heterocycles. The molecule has 8 nitrogen and oxygen atoms in total. The van der Waals surface area contributed by atoms with Crippen LogP contribution in [-0.4, -0.2) is 42.8 Å². The summed E-state index contributed by atoms with van der Waals surface area (Å²) in [5.41, 5.74) is 1.20. The molecule has 3 aromatic rings. The number of nitrogens with zero attached hydrogens (tertiary/aromatic N) is 2. The van der Waals surface area contributed by atoms with Crippen LogP contribution in [0.15, 0.2) is 65.7 Å². The summed E-state index contributed by atoms with van der Waals surface area (Å²) in [4.78, 5) is 28.7. The van der Waals surface area contributed by atoms with Crippen molar-refractivity contribution in [3.8, 4) is 28.5 Å². The number of para-hydroxylation sites is 2. The van der Waals surface area contributed by atoms with Gasteiger partial charge in [0.25, 0.3) is 11.5 Å². The van der Waals surface area contributed by atoms with Crippen molar-refractivity contribution in [2.24, 2.45) is 0 Å². The summed E-state index contributed by atoms with van der Waals surface area (Å²) in [6.07, 6.45) is 1.47. The summed E-state index contributed by atoms with van der Waals surface area (Å²) in [5.74, 6) is 1.49. The lowest BCUT2D eigenvalue weighted by Gasteiger charge is -2.11. The Balaban J connectivity index is 1.50. The predicted octanol–water partition coefficient (Wildman–Crippen LogP) is 2.12. The summed E-state index contributed by atoms with van der Waals surface area (Å²) in [6.45, 7) is 0.427. The molecule has 8 heteroatoms. The minimum absolute atomic E-state index is 0.149. The molecule has 0 spiro atoms. The van der Waals surface area contributed by atoms with E-state index in [4.69, 9.17) is 14.2 Å². The van der Waals surface area contributed by atoms with Gasteiger partial charge in [-0.15, -0.1) is 0 Å². The predicted molar refractivity (Wildman–Crippen MR) is 112 cm³/mol. The molecule has 0 atom stereocenters. The standard InChI is InChI=1S/C22H23N3O5/c1-28-17-9-7-16(8-10-17)18-13-22(27)25(15-24-18)12-11-23-21(26)14-30-20-6-4-3-5-19(20)29-2/h3-10,13,15H,11-12,14H2,1-2H3,(H,23,26). The largest absolute Gasteiger partial charge is 0.497 e. The second-order valence-corrected chi connectivity index (χ2v) is 6.32. The minimum Gasteiger partial charge on any atom is -0.497 e. The smallest absolute Gasteiger partial charge is 0.258 e. The van der Waals surface area contributed by atoms with Gasteiger partial charge in [0.2, 0.25) is 0 Å². The quantitative estimate of drug-likeness (QED) is 0.582. The number of ether oxygens (including phenoxy) is 3. The number of carbonyl (C=O) groups excluding carboxylic acids is 1. The monoisotopic (exact) mass is 409 g/mol. The lowest BCUT2D eigenvalue weighted by molar-refractivity contribution is -0.123. The van der Waals surface area contributed by atoms with E-state index in [1.165, 1.54) is 24.1 Å². The first-order valence-electron chi connectivity index (χ1n) is 9.34. The highest BCUT2D eigenvalue weighted by Crippen LogP contribution is 2.25. The zero-order valence-electron chi connectivity index (χ0n) is 16.8. The van der Waals surface area contributed by atoms with Gasteiger partial charge in [0.1, 0.15) is 5.75 Å². The molecular weight excluding hydrogens is 386 g/mol. The normalized spacial score (nSPS) is 10.3. The van der Waals surface area contributed by atoms with Crippen molar-refractivity contribution in [1.29, 1.82) is 0 Å². The van der Waals surface area contributed by atoms with Gasteiger partial charge in [-0.25, -0.2) is 4.98 Å². The molecule has 2 aromatic carbocycles. The van der Waals surface area contributed by atoms with Gasteiger partial charge in [-0.1, -0.05) is 12.1 Å². The Bertz CT molecular complexity index is 1050. The lowest BCUT2D eigenvalue weighted by atomic mass is 10.1. The first-order valence-corrected chi connectivity index (χ1v) is 9.34. The lowest BCUT2D eigenvalue weighted by Crippen LogP contribution is -2.33. The molecule has 0 unspecified atom stereocenters. The Kier molecular flexibility index (Phi) is 7.05. The van der Waals surface area contributed by atoms with Gasteiger partial charge >= 0.3 is 0 Å². The number of benzene rings is 2. The molecule has 0 fully saturated rings. The van der Waals surface area contributed by atoms with Crippen molar-refractivity contribution in [1.82, 2.24) is 14.9 Å². The van der Waals surface area contributed by atoms with Gasteiger partial charge in [0.15, 0.2) is 18.1 Å². The van der Waals surface area contributed by atoms with Gasteiger partial charge in [-0.2, -0.15) is 0 Å². The Hall–Kier alpha value is -3.81. The Morgan fingerprint density at radius 2 is 1.77 bits per heavy atom. The van der Waals surface area contributed by atoms with E-state index in [1.807, 2.05) is 30.3 Å². The number of amides is 1. The fraction of sp³-hybridized carbons (Fsp3) is 0.227. The van der Waals surface area contributed by atoms with E-state index in [9.17, 15) is 9.59 Å². The molecule has 0 aliphatic carbocycles. The molecule has 0 aliphatic heterocycles. The number of hydrogen-bond donors (Lipinski definition) is 1. The van der Waals surface area contributed by atoms with E-state index in [-0.39, 0.29) is 24.6 Å². The highest BCUT2D eigenvalue weighted by atomic mass is 16.5. The molecule has 0 radical (unpaired) electrons. The van der Waals surface area contributed by atoms with Crippen molar-refractivity contribution in [2.75, 3.05) is 27.4 Å². The summed E-state index contributed by atoms with van der Waals surface area (Å²) < 4.78 is 17.2. The second kappa shape index (κ2) is 10.1. The Morgan fingerprint density at radius 1 is 1.03 bits per heavy atom. The van der Waals surface area contributed by atoms with Crippen LogP contribution in [0.4, 0.5) is 0 Å². The maximum atomic E-state index is 12.3. The Labute approximate surface area is 174 Å². The summed E-state index contributed by atoms with van der Waals surface area (Å²) in [6, 6.07) is 15.9. The second-order valence-electron chi connectivity index (χ2n) is 6.32. The number of aromatic nitrogens is 2. The van der Waals surface area contributed by atoms with E-state index in [2.05, 4.69) is 10.3 Å². The molecule has 3 rings (SSSR count). The molecule has 1 aromatic heterocycles. The van der Waals surface area contributed by atoms with Crippen LogP contribution < -0.4 is 25.1 Å². The zero-order valence-corrected chi connectivity index (χ0v) is 16.8. The minimum atomic E-state index is -0.295. The number of methoxy groups -OCH3 is 2. The van der Waals surface area contributed by atoms with Crippen molar-refractivity contribution < 1.29 is 19.0 Å². The molecule has 0 aliphatic rings. The highest BCUT2D eigenvalue weighted by Gasteiger charge is 2.07. The van der Waals surface area contributed by atoms with Crippen molar-refractivity contribution in [3.05, 3.63) is 71.3 Å². The summed E-state index contributed by atoms with van der Waals surface area (Å²) >= 11 is 0. The molecule has 0 bridgehead atoms. The molecule has 1 N–H and O–H groups in total. The van der Waals surface area contributed by atoms with Crippen LogP contribution in [0, 0.1) is 0 Å². The van der Waals surface area contributed by atoms with E-state index < -0.39 is 0 Å². The van der Waals surface area contributed by atoms with Crippen LogP contribution in [0.5, 0.6) is 17.2 Å². The van der Waals surface area contributed by atoms with E-state index in [0.29, 0.717) is 23.7 Å². The molecule has 156 valence electrons. The fourth-order valence-electron chi connectivity index (χ4n) is 2.76. The van der Waals surface area contributed by atoms with Gasteiger partial charge in [-0.05, 0) is 36.4 Å². The van der Waals surface area contributed by atoms with E-state index >= 15 is 0 Å². The Morgan fingerprint density at radius 3 is 2.43 bits per heavy atom. The van der Waals surface area contributed by atoms with Crippen LogP contribution in [0.25, 0.3) is 11.3 Å². The highest BCUT2D eigenvalue weighted by molar-refractivity contribution is 5.77. The average molecular weight is 409 g/mol. The number of rotatable bonds is 9. The molecule has 30 heavy (non-hydrogen) atoms. The molecule has 0 saturated carbocycles. The molecule has 0 saturated heterocycles. The van der Waals surface area contributed by atoms with E-state index in [0.717, 1.165) is 11.3 Å².